The third-order valence-electron chi connectivity index (χ3n) is 4.61. The van der Waals surface area contributed by atoms with Crippen LogP contribution in [0.1, 0.15) is 43.2 Å². The first-order valence-corrected chi connectivity index (χ1v) is 9.36. The maximum atomic E-state index is 4.32. The van der Waals surface area contributed by atoms with Gasteiger partial charge in [-0.25, -0.2) is 9.67 Å². The van der Waals surface area contributed by atoms with Gasteiger partial charge in [0.2, 0.25) is 0 Å². The van der Waals surface area contributed by atoms with Gasteiger partial charge >= 0.3 is 0 Å². The molecule has 1 aliphatic carbocycles. The van der Waals surface area contributed by atoms with Gasteiger partial charge in [0.05, 0.1) is 6.54 Å². The monoisotopic (exact) mass is 352 g/mol. The lowest BCUT2D eigenvalue weighted by Crippen LogP contribution is -2.37. The van der Waals surface area contributed by atoms with Crippen LogP contribution in [-0.4, -0.2) is 34.3 Å². The van der Waals surface area contributed by atoms with Crippen molar-refractivity contribution in [1.29, 1.82) is 0 Å². The molecule has 0 saturated carbocycles. The first-order valence-electron chi connectivity index (χ1n) is 9.36. The number of nitrogens with one attached hydrogen (secondary N) is 2. The number of aromatic nitrogens is 3. The van der Waals surface area contributed by atoms with Crippen LogP contribution in [0.25, 0.3) is 0 Å². The zero-order chi connectivity index (χ0) is 18.0. The summed E-state index contributed by atoms with van der Waals surface area (Å²) in [6.07, 6.45) is 12.0. The smallest absolute Gasteiger partial charge is 0.191 e. The number of aliphatic imine (C=N–C) groups is 1. The van der Waals surface area contributed by atoms with E-state index in [4.69, 9.17) is 0 Å². The predicted molar refractivity (Wildman–Crippen MR) is 105 cm³/mol. The van der Waals surface area contributed by atoms with Crippen molar-refractivity contribution < 1.29 is 0 Å². The molecule has 6 nitrogen and oxygen atoms in total. The van der Waals surface area contributed by atoms with E-state index in [1.807, 2.05) is 11.7 Å². The topological polar surface area (TPSA) is 67.1 Å². The minimum Gasteiger partial charge on any atom is -0.356 e. The van der Waals surface area contributed by atoms with Gasteiger partial charge < -0.3 is 10.6 Å². The summed E-state index contributed by atoms with van der Waals surface area (Å²) in [6, 6.07) is 8.50. The Bertz CT molecular complexity index is 733. The van der Waals surface area contributed by atoms with Crippen molar-refractivity contribution in [2.45, 2.75) is 45.2 Å². The fourth-order valence-electron chi connectivity index (χ4n) is 3.22. The molecule has 138 valence electrons. The molecule has 0 saturated heterocycles. The SMILES string of the molecule is CN=C(NCCC1=CCCCC1)NCc1cccc(Cn2cncn2)c1. The van der Waals surface area contributed by atoms with Crippen LogP contribution in [-0.2, 0) is 13.1 Å². The van der Waals surface area contributed by atoms with Crippen molar-refractivity contribution in [3.8, 4) is 0 Å². The molecule has 1 aromatic heterocycles. The minimum absolute atomic E-state index is 0.732. The molecular formula is C20H28N6. The van der Waals surface area contributed by atoms with Crippen molar-refractivity contribution in [3.05, 3.63) is 59.7 Å². The number of rotatable bonds is 7. The zero-order valence-corrected chi connectivity index (χ0v) is 15.5. The molecule has 1 aliphatic rings. The number of hydrogen-bond donors (Lipinski definition) is 2. The third kappa shape index (κ3) is 5.72. The Kier molecular flexibility index (Phi) is 6.81. The molecule has 6 heteroatoms. The van der Waals surface area contributed by atoms with Gasteiger partial charge in [0.15, 0.2) is 5.96 Å². The molecule has 1 aromatic carbocycles. The average Bonchev–Trinajstić information content (AvgIpc) is 3.18. The molecular weight excluding hydrogens is 324 g/mol. The summed E-state index contributed by atoms with van der Waals surface area (Å²) in [4.78, 5) is 8.31. The second kappa shape index (κ2) is 9.75. The van der Waals surface area contributed by atoms with E-state index >= 15 is 0 Å². The molecule has 0 atom stereocenters. The molecule has 2 aromatic rings. The lowest BCUT2D eigenvalue weighted by Gasteiger charge is -2.15. The number of allylic oxidation sites excluding steroid dienone is 1. The maximum absolute atomic E-state index is 4.32. The van der Waals surface area contributed by atoms with Gasteiger partial charge in [0, 0.05) is 20.1 Å². The van der Waals surface area contributed by atoms with Crippen molar-refractivity contribution in [2.24, 2.45) is 4.99 Å². The van der Waals surface area contributed by atoms with Crippen LogP contribution >= 0.6 is 0 Å². The van der Waals surface area contributed by atoms with Crippen LogP contribution in [0.5, 0.6) is 0 Å². The summed E-state index contributed by atoms with van der Waals surface area (Å²) < 4.78 is 1.83. The second-order valence-electron chi connectivity index (χ2n) is 6.62. The van der Waals surface area contributed by atoms with Gasteiger partial charge in [-0.1, -0.05) is 35.9 Å². The highest BCUT2D eigenvalue weighted by atomic mass is 15.3. The summed E-state index contributed by atoms with van der Waals surface area (Å²) in [5, 5.41) is 11.0. The van der Waals surface area contributed by atoms with E-state index in [1.165, 1.54) is 36.8 Å². The number of benzene rings is 1. The lowest BCUT2D eigenvalue weighted by atomic mass is 9.97. The quantitative estimate of drug-likeness (QED) is 0.457. The van der Waals surface area contributed by atoms with Gasteiger partial charge in [-0.15, -0.1) is 0 Å². The van der Waals surface area contributed by atoms with Crippen LogP contribution in [0, 0.1) is 0 Å². The van der Waals surface area contributed by atoms with Crippen LogP contribution in [0.15, 0.2) is 53.6 Å². The second-order valence-corrected chi connectivity index (χ2v) is 6.62. The highest BCUT2D eigenvalue weighted by molar-refractivity contribution is 5.79. The molecule has 0 radical (unpaired) electrons. The molecule has 0 fully saturated rings. The van der Waals surface area contributed by atoms with Gasteiger partial charge in [-0.05, 0) is 43.2 Å². The van der Waals surface area contributed by atoms with Gasteiger partial charge in [0.1, 0.15) is 12.7 Å². The van der Waals surface area contributed by atoms with Crippen LogP contribution in [0.4, 0.5) is 0 Å². The Morgan fingerprint density at radius 1 is 1.23 bits per heavy atom. The Labute approximate surface area is 155 Å². The molecule has 0 amide bonds. The summed E-state index contributed by atoms with van der Waals surface area (Å²) in [5.74, 6) is 0.850. The number of guanidine groups is 1. The molecule has 1 heterocycles. The van der Waals surface area contributed by atoms with Crippen molar-refractivity contribution in [2.75, 3.05) is 13.6 Å². The first-order chi connectivity index (χ1) is 12.8. The summed E-state index contributed by atoms with van der Waals surface area (Å²) >= 11 is 0. The van der Waals surface area contributed by atoms with Crippen LogP contribution < -0.4 is 10.6 Å². The fraction of sp³-hybridized carbons (Fsp3) is 0.450. The summed E-state index contributed by atoms with van der Waals surface area (Å²) in [7, 11) is 1.82. The van der Waals surface area contributed by atoms with Crippen LogP contribution in [0.3, 0.4) is 0 Å². The van der Waals surface area contributed by atoms with Crippen LogP contribution in [0.2, 0.25) is 0 Å². The largest absolute Gasteiger partial charge is 0.356 e. The van der Waals surface area contributed by atoms with Crippen molar-refractivity contribution >= 4 is 5.96 Å². The van der Waals surface area contributed by atoms with E-state index in [1.54, 1.807) is 18.2 Å². The fourth-order valence-corrected chi connectivity index (χ4v) is 3.22. The molecule has 0 unspecified atom stereocenters. The van der Waals surface area contributed by atoms with Gasteiger partial charge in [-0.2, -0.15) is 5.10 Å². The van der Waals surface area contributed by atoms with E-state index in [0.29, 0.717) is 0 Å². The van der Waals surface area contributed by atoms with Crippen molar-refractivity contribution in [3.63, 3.8) is 0 Å². The zero-order valence-electron chi connectivity index (χ0n) is 15.5. The summed E-state index contributed by atoms with van der Waals surface area (Å²) in [6.45, 7) is 2.40. The van der Waals surface area contributed by atoms with E-state index in [2.05, 4.69) is 56.1 Å². The average molecular weight is 352 g/mol. The standard InChI is InChI=1S/C20H28N6/c1-21-20(23-11-10-17-6-3-2-4-7-17)24-13-18-8-5-9-19(12-18)14-26-16-22-15-25-26/h5-6,8-9,12,15-16H,2-4,7,10-11,13-14H2,1H3,(H2,21,23,24). The van der Waals surface area contributed by atoms with Crippen molar-refractivity contribution in [1.82, 2.24) is 25.4 Å². The predicted octanol–water partition coefficient (Wildman–Crippen LogP) is 2.88. The third-order valence-corrected chi connectivity index (χ3v) is 4.61. The Balaban J connectivity index is 1.45. The Hall–Kier alpha value is -2.63. The highest BCUT2D eigenvalue weighted by Gasteiger charge is 2.04. The summed E-state index contributed by atoms with van der Waals surface area (Å²) in [5.41, 5.74) is 4.02. The molecule has 3 rings (SSSR count). The first kappa shape index (κ1) is 18.2. The van der Waals surface area contributed by atoms with E-state index in [9.17, 15) is 0 Å². The Morgan fingerprint density at radius 3 is 2.92 bits per heavy atom. The van der Waals surface area contributed by atoms with Gasteiger partial charge in [-0.3, -0.25) is 4.99 Å². The maximum Gasteiger partial charge on any atom is 0.191 e. The molecule has 0 aliphatic heterocycles. The van der Waals surface area contributed by atoms with E-state index in [-0.39, 0.29) is 0 Å². The normalized spacial score (nSPS) is 14.8. The van der Waals surface area contributed by atoms with Gasteiger partial charge in [0.25, 0.3) is 0 Å². The Morgan fingerprint density at radius 2 is 2.15 bits per heavy atom. The molecule has 2 N–H and O–H groups in total. The lowest BCUT2D eigenvalue weighted by molar-refractivity contribution is 0.665. The van der Waals surface area contributed by atoms with E-state index < -0.39 is 0 Å². The molecule has 0 bridgehead atoms. The molecule has 26 heavy (non-hydrogen) atoms. The minimum atomic E-state index is 0.732. The number of nitrogens with zero attached hydrogens (tertiary/aromatic N) is 4. The number of hydrogen-bond acceptors (Lipinski definition) is 3. The highest BCUT2D eigenvalue weighted by Crippen LogP contribution is 2.19. The van der Waals surface area contributed by atoms with E-state index in [0.717, 1.165) is 32.0 Å². The molecule has 0 spiro atoms.